The van der Waals surface area contributed by atoms with Gasteiger partial charge in [-0.3, -0.25) is 4.79 Å². The van der Waals surface area contributed by atoms with Gasteiger partial charge in [-0.25, -0.2) is 4.98 Å². The molecule has 0 bridgehead atoms. The molecule has 0 aromatic carbocycles. The summed E-state index contributed by atoms with van der Waals surface area (Å²) in [5.74, 6) is 0.358. The first-order valence-electron chi connectivity index (χ1n) is 4.72. The van der Waals surface area contributed by atoms with Gasteiger partial charge in [0.25, 0.3) is 0 Å². The second-order valence-corrected chi connectivity index (χ2v) is 3.46. The third-order valence-corrected chi connectivity index (χ3v) is 1.73. The van der Waals surface area contributed by atoms with Crippen LogP contribution in [-0.4, -0.2) is 10.9 Å². The molecule has 0 radical (unpaired) electrons. The van der Waals surface area contributed by atoms with Gasteiger partial charge in [0.2, 0.25) is 5.91 Å². The molecule has 80 valence electrons. The maximum atomic E-state index is 11.4. The number of allylic oxidation sites excluding steroid dienone is 1. The fourth-order valence-corrected chi connectivity index (χ4v) is 1.09. The van der Waals surface area contributed by atoms with Crippen LogP contribution in [0.1, 0.15) is 19.4 Å². The number of rotatable bonds is 3. The molecule has 0 spiro atoms. The minimum atomic E-state index is -0.170. The Morgan fingerprint density at radius 2 is 2.33 bits per heavy atom. The van der Waals surface area contributed by atoms with Crippen LogP contribution in [0.15, 0.2) is 30.0 Å². The minimum absolute atomic E-state index is 0.170. The summed E-state index contributed by atoms with van der Waals surface area (Å²) >= 11 is 0. The van der Waals surface area contributed by atoms with Crippen molar-refractivity contribution in [2.45, 2.75) is 20.4 Å². The number of aromatic nitrogens is 1. The van der Waals surface area contributed by atoms with Gasteiger partial charge in [0.1, 0.15) is 5.82 Å². The standard InChI is InChI=1S/C11H15N3O/c1-8(2)5-11(15)14-10-6-9(7-12)3-4-13-10/h3-6H,7,12H2,1-2H3,(H,13,14,15). The normalized spacial score (nSPS) is 9.53. The number of amides is 1. The van der Waals surface area contributed by atoms with Crippen molar-refractivity contribution in [1.29, 1.82) is 0 Å². The summed E-state index contributed by atoms with van der Waals surface area (Å²) in [6.45, 7) is 4.17. The molecule has 0 aliphatic heterocycles. The summed E-state index contributed by atoms with van der Waals surface area (Å²) in [5.41, 5.74) is 7.37. The first-order valence-corrected chi connectivity index (χ1v) is 4.72. The largest absolute Gasteiger partial charge is 0.326 e. The highest BCUT2D eigenvalue weighted by Crippen LogP contribution is 2.06. The van der Waals surface area contributed by atoms with E-state index in [-0.39, 0.29) is 5.91 Å². The summed E-state index contributed by atoms with van der Waals surface area (Å²) in [5, 5.41) is 2.67. The smallest absolute Gasteiger partial charge is 0.249 e. The van der Waals surface area contributed by atoms with E-state index in [0.717, 1.165) is 11.1 Å². The van der Waals surface area contributed by atoms with E-state index in [2.05, 4.69) is 10.3 Å². The summed E-state index contributed by atoms with van der Waals surface area (Å²) in [6, 6.07) is 3.58. The molecule has 1 aromatic rings. The Hall–Kier alpha value is -1.68. The third kappa shape index (κ3) is 3.91. The van der Waals surface area contributed by atoms with Crippen molar-refractivity contribution < 1.29 is 4.79 Å². The Kier molecular flexibility index (Phi) is 4.00. The van der Waals surface area contributed by atoms with Crippen LogP contribution in [0.25, 0.3) is 0 Å². The first-order chi connectivity index (χ1) is 7.11. The van der Waals surface area contributed by atoms with Gasteiger partial charge in [-0.1, -0.05) is 5.57 Å². The average Bonchev–Trinajstić information content (AvgIpc) is 2.16. The van der Waals surface area contributed by atoms with Gasteiger partial charge >= 0.3 is 0 Å². The second-order valence-electron chi connectivity index (χ2n) is 3.46. The maximum Gasteiger partial charge on any atom is 0.249 e. The van der Waals surface area contributed by atoms with Crippen molar-refractivity contribution in [3.63, 3.8) is 0 Å². The quantitative estimate of drug-likeness (QED) is 0.734. The van der Waals surface area contributed by atoms with E-state index in [1.165, 1.54) is 6.08 Å². The molecule has 4 heteroatoms. The summed E-state index contributed by atoms with van der Waals surface area (Å²) < 4.78 is 0. The minimum Gasteiger partial charge on any atom is -0.326 e. The number of pyridine rings is 1. The van der Waals surface area contributed by atoms with E-state index in [1.807, 2.05) is 19.9 Å². The molecule has 15 heavy (non-hydrogen) atoms. The fraction of sp³-hybridized carbons (Fsp3) is 0.273. The molecule has 0 saturated carbocycles. The Labute approximate surface area is 89.2 Å². The molecule has 4 nitrogen and oxygen atoms in total. The number of nitrogens with one attached hydrogen (secondary N) is 1. The number of nitrogens with two attached hydrogens (primary N) is 1. The van der Waals surface area contributed by atoms with E-state index in [4.69, 9.17) is 5.73 Å². The van der Waals surface area contributed by atoms with Crippen LogP contribution in [0.2, 0.25) is 0 Å². The van der Waals surface area contributed by atoms with Gasteiger partial charge in [0.15, 0.2) is 0 Å². The van der Waals surface area contributed by atoms with Gasteiger partial charge in [0, 0.05) is 18.8 Å². The number of anilines is 1. The van der Waals surface area contributed by atoms with Crippen molar-refractivity contribution >= 4 is 11.7 Å². The maximum absolute atomic E-state index is 11.4. The highest BCUT2D eigenvalue weighted by molar-refractivity contribution is 5.99. The molecule has 0 atom stereocenters. The van der Waals surface area contributed by atoms with Crippen LogP contribution in [-0.2, 0) is 11.3 Å². The topological polar surface area (TPSA) is 68.0 Å². The van der Waals surface area contributed by atoms with Crippen molar-refractivity contribution in [3.05, 3.63) is 35.5 Å². The molecule has 0 fully saturated rings. The molecule has 3 N–H and O–H groups in total. The summed E-state index contributed by atoms with van der Waals surface area (Å²) in [4.78, 5) is 15.4. The molecule has 1 amide bonds. The third-order valence-electron chi connectivity index (χ3n) is 1.73. The molecular weight excluding hydrogens is 190 g/mol. The van der Waals surface area contributed by atoms with E-state index < -0.39 is 0 Å². The van der Waals surface area contributed by atoms with E-state index in [9.17, 15) is 4.79 Å². The molecule has 1 aromatic heterocycles. The predicted molar refractivity (Wildman–Crippen MR) is 60.2 cm³/mol. The van der Waals surface area contributed by atoms with Crippen LogP contribution in [0, 0.1) is 0 Å². The Balaban J connectivity index is 2.72. The van der Waals surface area contributed by atoms with Gasteiger partial charge in [0.05, 0.1) is 0 Å². The first kappa shape index (κ1) is 11.4. The van der Waals surface area contributed by atoms with Crippen LogP contribution in [0.5, 0.6) is 0 Å². The lowest BCUT2D eigenvalue weighted by atomic mass is 10.2. The average molecular weight is 205 g/mol. The van der Waals surface area contributed by atoms with E-state index in [1.54, 1.807) is 12.3 Å². The number of nitrogens with zero attached hydrogens (tertiary/aromatic N) is 1. The lowest BCUT2D eigenvalue weighted by molar-refractivity contribution is -0.112. The SMILES string of the molecule is CC(C)=CC(=O)Nc1cc(CN)ccn1. The molecule has 1 heterocycles. The van der Waals surface area contributed by atoms with Crippen LogP contribution >= 0.6 is 0 Å². The monoisotopic (exact) mass is 205 g/mol. The van der Waals surface area contributed by atoms with E-state index >= 15 is 0 Å². The number of carbonyl (C=O) groups excluding carboxylic acids is 1. The van der Waals surface area contributed by atoms with Gasteiger partial charge in [-0.15, -0.1) is 0 Å². The molecule has 0 aliphatic rings. The molecule has 0 aliphatic carbocycles. The molecular formula is C11H15N3O. The van der Waals surface area contributed by atoms with Crippen LogP contribution in [0.4, 0.5) is 5.82 Å². The Bertz CT molecular complexity index is 381. The zero-order valence-electron chi connectivity index (χ0n) is 8.95. The van der Waals surface area contributed by atoms with Gasteiger partial charge in [-0.2, -0.15) is 0 Å². The van der Waals surface area contributed by atoms with Crippen molar-refractivity contribution in [2.24, 2.45) is 5.73 Å². The van der Waals surface area contributed by atoms with Crippen LogP contribution in [0.3, 0.4) is 0 Å². The Morgan fingerprint density at radius 3 is 2.93 bits per heavy atom. The second kappa shape index (κ2) is 5.26. The number of carbonyl (C=O) groups is 1. The predicted octanol–water partition coefficient (Wildman–Crippen LogP) is 1.44. The molecule has 0 saturated heterocycles. The molecule has 0 unspecified atom stereocenters. The van der Waals surface area contributed by atoms with Crippen LogP contribution < -0.4 is 11.1 Å². The van der Waals surface area contributed by atoms with Crippen molar-refractivity contribution in [1.82, 2.24) is 4.98 Å². The number of hydrogen-bond acceptors (Lipinski definition) is 3. The Morgan fingerprint density at radius 1 is 1.60 bits per heavy atom. The lowest BCUT2D eigenvalue weighted by Crippen LogP contribution is -2.10. The summed E-state index contributed by atoms with van der Waals surface area (Å²) in [6.07, 6.45) is 3.15. The van der Waals surface area contributed by atoms with Gasteiger partial charge < -0.3 is 11.1 Å². The van der Waals surface area contributed by atoms with Crippen molar-refractivity contribution in [3.8, 4) is 0 Å². The zero-order valence-corrected chi connectivity index (χ0v) is 8.95. The number of hydrogen-bond donors (Lipinski definition) is 2. The lowest BCUT2D eigenvalue weighted by Gasteiger charge is -2.03. The van der Waals surface area contributed by atoms with Crippen molar-refractivity contribution in [2.75, 3.05) is 5.32 Å². The van der Waals surface area contributed by atoms with Gasteiger partial charge in [-0.05, 0) is 31.5 Å². The highest BCUT2D eigenvalue weighted by atomic mass is 16.1. The summed E-state index contributed by atoms with van der Waals surface area (Å²) in [7, 11) is 0. The highest BCUT2D eigenvalue weighted by Gasteiger charge is 2.00. The van der Waals surface area contributed by atoms with E-state index in [0.29, 0.717) is 12.4 Å². The zero-order chi connectivity index (χ0) is 11.3. The fourth-order valence-electron chi connectivity index (χ4n) is 1.09. The molecule has 1 rings (SSSR count).